The molecule has 1 N–H and O–H groups in total. The van der Waals surface area contributed by atoms with Crippen molar-refractivity contribution in [2.45, 2.75) is 26.4 Å². The summed E-state index contributed by atoms with van der Waals surface area (Å²) in [5.41, 5.74) is 3.67. The highest BCUT2D eigenvalue weighted by molar-refractivity contribution is 9.10. The Morgan fingerprint density at radius 3 is 2.78 bits per heavy atom. The molecule has 1 heterocycles. The molecule has 96 valence electrons. The first-order valence-corrected chi connectivity index (χ1v) is 6.91. The van der Waals surface area contributed by atoms with Crippen LogP contribution in [0.2, 0.25) is 0 Å². The van der Waals surface area contributed by atoms with Gasteiger partial charge in [0.1, 0.15) is 0 Å². The van der Waals surface area contributed by atoms with Gasteiger partial charge in [0.2, 0.25) is 0 Å². The second-order valence-electron chi connectivity index (χ2n) is 4.32. The molecular weight excluding hydrogens is 290 g/mol. The summed E-state index contributed by atoms with van der Waals surface area (Å²) in [6, 6.07) is 8.66. The van der Waals surface area contributed by atoms with E-state index in [2.05, 4.69) is 64.5 Å². The summed E-state index contributed by atoms with van der Waals surface area (Å²) < 4.78 is 3.15. The van der Waals surface area contributed by atoms with Gasteiger partial charge in [-0.25, -0.2) is 0 Å². The average Bonchev–Trinajstić information content (AvgIpc) is 2.81. The molecule has 0 aliphatic heterocycles. The third-order valence-electron chi connectivity index (χ3n) is 3.10. The van der Waals surface area contributed by atoms with Gasteiger partial charge in [-0.3, -0.25) is 4.68 Å². The van der Waals surface area contributed by atoms with E-state index in [4.69, 9.17) is 0 Å². The van der Waals surface area contributed by atoms with Gasteiger partial charge in [0.05, 0.1) is 11.7 Å². The van der Waals surface area contributed by atoms with Gasteiger partial charge in [-0.2, -0.15) is 5.10 Å². The van der Waals surface area contributed by atoms with E-state index in [9.17, 15) is 0 Å². The summed E-state index contributed by atoms with van der Waals surface area (Å²) in [6.07, 6.45) is 1.85. The molecule has 1 aromatic heterocycles. The van der Waals surface area contributed by atoms with Gasteiger partial charge in [-0.15, -0.1) is 0 Å². The normalized spacial score (nSPS) is 12.7. The third kappa shape index (κ3) is 2.49. The van der Waals surface area contributed by atoms with Crippen molar-refractivity contribution >= 4 is 15.9 Å². The van der Waals surface area contributed by atoms with Crippen LogP contribution in [-0.4, -0.2) is 16.8 Å². The Bertz CT molecular complexity index is 534. The van der Waals surface area contributed by atoms with Gasteiger partial charge in [0.25, 0.3) is 0 Å². The van der Waals surface area contributed by atoms with E-state index in [-0.39, 0.29) is 6.04 Å². The summed E-state index contributed by atoms with van der Waals surface area (Å²) in [5.74, 6) is 0. The largest absolute Gasteiger partial charge is 0.308 e. The monoisotopic (exact) mass is 307 g/mol. The predicted molar refractivity (Wildman–Crippen MR) is 77.7 cm³/mol. The molecular formula is C14H18BrN3. The number of nitrogens with zero attached hydrogens (tertiary/aromatic N) is 2. The van der Waals surface area contributed by atoms with E-state index in [1.807, 2.05) is 17.9 Å². The van der Waals surface area contributed by atoms with Crippen LogP contribution in [0.1, 0.15) is 29.8 Å². The molecule has 1 atom stereocenters. The Hall–Kier alpha value is -1.13. The summed E-state index contributed by atoms with van der Waals surface area (Å²) in [4.78, 5) is 0. The van der Waals surface area contributed by atoms with Crippen LogP contribution in [0.5, 0.6) is 0 Å². The fourth-order valence-corrected chi connectivity index (χ4v) is 2.90. The number of hydrogen-bond donors (Lipinski definition) is 1. The van der Waals surface area contributed by atoms with E-state index >= 15 is 0 Å². The molecule has 3 nitrogen and oxygen atoms in total. The van der Waals surface area contributed by atoms with Crippen molar-refractivity contribution in [2.75, 3.05) is 7.05 Å². The number of aromatic nitrogens is 2. The van der Waals surface area contributed by atoms with E-state index < -0.39 is 0 Å². The molecule has 18 heavy (non-hydrogen) atoms. The van der Waals surface area contributed by atoms with Gasteiger partial charge in [-0.1, -0.05) is 28.1 Å². The van der Waals surface area contributed by atoms with Crippen LogP contribution < -0.4 is 5.32 Å². The topological polar surface area (TPSA) is 29.9 Å². The third-order valence-corrected chi connectivity index (χ3v) is 3.79. The Kier molecular flexibility index (Phi) is 4.19. The van der Waals surface area contributed by atoms with Crippen molar-refractivity contribution in [2.24, 2.45) is 0 Å². The van der Waals surface area contributed by atoms with Crippen molar-refractivity contribution in [3.8, 4) is 0 Å². The van der Waals surface area contributed by atoms with Crippen molar-refractivity contribution in [1.82, 2.24) is 15.1 Å². The maximum atomic E-state index is 4.34. The average molecular weight is 308 g/mol. The molecule has 2 rings (SSSR count). The second kappa shape index (κ2) is 5.67. The second-order valence-corrected chi connectivity index (χ2v) is 5.17. The van der Waals surface area contributed by atoms with Crippen molar-refractivity contribution in [3.63, 3.8) is 0 Å². The Balaban J connectivity index is 2.45. The van der Waals surface area contributed by atoms with Crippen molar-refractivity contribution in [1.29, 1.82) is 0 Å². The Morgan fingerprint density at radius 1 is 1.39 bits per heavy atom. The SMILES string of the molecule is CCn1nccc1C(NC)c1ccc(C)cc1Br. The molecule has 0 spiro atoms. The minimum Gasteiger partial charge on any atom is -0.308 e. The molecule has 0 aliphatic rings. The predicted octanol–water partition coefficient (Wildman–Crippen LogP) is 3.28. The molecule has 0 radical (unpaired) electrons. The molecule has 0 fully saturated rings. The smallest absolute Gasteiger partial charge is 0.0756 e. The molecule has 2 aromatic rings. The summed E-state index contributed by atoms with van der Waals surface area (Å²) >= 11 is 3.65. The molecule has 0 bridgehead atoms. The lowest BCUT2D eigenvalue weighted by Gasteiger charge is -2.19. The first-order chi connectivity index (χ1) is 8.67. The zero-order valence-electron chi connectivity index (χ0n) is 10.9. The molecule has 4 heteroatoms. The van der Waals surface area contributed by atoms with Crippen LogP contribution in [0.15, 0.2) is 34.9 Å². The van der Waals surface area contributed by atoms with Gasteiger partial charge >= 0.3 is 0 Å². The highest BCUT2D eigenvalue weighted by Crippen LogP contribution is 2.29. The van der Waals surface area contributed by atoms with Crippen molar-refractivity contribution in [3.05, 3.63) is 51.8 Å². The first-order valence-electron chi connectivity index (χ1n) is 6.12. The van der Waals surface area contributed by atoms with E-state index in [0.29, 0.717) is 0 Å². The number of benzene rings is 1. The van der Waals surface area contributed by atoms with Crippen LogP contribution in [-0.2, 0) is 6.54 Å². The highest BCUT2D eigenvalue weighted by atomic mass is 79.9. The fraction of sp³-hybridized carbons (Fsp3) is 0.357. The number of hydrogen-bond acceptors (Lipinski definition) is 2. The van der Waals surface area contributed by atoms with Gasteiger partial charge in [-0.05, 0) is 44.2 Å². The van der Waals surface area contributed by atoms with Crippen LogP contribution in [0, 0.1) is 6.92 Å². The number of nitrogens with one attached hydrogen (secondary N) is 1. The van der Waals surface area contributed by atoms with Crippen LogP contribution in [0.3, 0.4) is 0 Å². The Labute approximate surface area is 116 Å². The molecule has 0 aliphatic carbocycles. The minimum atomic E-state index is 0.155. The zero-order valence-corrected chi connectivity index (χ0v) is 12.5. The first kappa shape index (κ1) is 13.3. The lowest BCUT2D eigenvalue weighted by molar-refractivity contribution is 0.562. The van der Waals surface area contributed by atoms with E-state index in [0.717, 1.165) is 11.0 Å². The molecule has 0 saturated carbocycles. The lowest BCUT2D eigenvalue weighted by atomic mass is 10.0. The Morgan fingerprint density at radius 2 is 2.17 bits per heavy atom. The maximum Gasteiger partial charge on any atom is 0.0756 e. The number of rotatable bonds is 4. The lowest BCUT2D eigenvalue weighted by Crippen LogP contribution is -2.21. The summed E-state index contributed by atoms with van der Waals surface area (Å²) in [6.45, 7) is 5.08. The fourth-order valence-electron chi connectivity index (χ4n) is 2.18. The van der Waals surface area contributed by atoms with Crippen LogP contribution in [0.25, 0.3) is 0 Å². The summed E-state index contributed by atoms with van der Waals surface area (Å²) in [5, 5.41) is 7.70. The van der Waals surface area contributed by atoms with E-state index in [1.54, 1.807) is 0 Å². The van der Waals surface area contributed by atoms with Gasteiger partial charge in [0.15, 0.2) is 0 Å². The highest BCUT2D eigenvalue weighted by Gasteiger charge is 2.18. The van der Waals surface area contributed by atoms with Gasteiger partial charge < -0.3 is 5.32 Å². The molecule has 0 amide bonds. The number of halogens is 1. The molecule has 1 aromatic carbocycles. The van der Waals surface area contributed by atoms with Crippen LogP contribution >= 0.6 is 15.9 Å². The van der Waals surface area contributed by atoms with Gasteiger partial charge in [0, 0.05) is 17.2 Å². The van der Waals surface area contributed by atoms with Crippen molar-refractivity contribution < 1.29 is 0 Å². The molecule has 1 unspecified atom stereocenters. The van der Waals surface area contributed by atoms with E-state index in [1.165, 1.54) is 16.8 Å². The maximum absolute atomic E-state index is 4.34. The standard InChI is InChI=1S/C14H18BrN3/c1-4-18-13(7-8-17-18)14(16-3)11-6-5-10(2)9-12(11)15/h5-9,14,16H,4H2,1-3H3. The van der Waals surface area contributed by atoms with Crippen LogP contribution in [0.4, 0.5) is 0 Å². The summed E-state index contributed by atoms with van der Waals surface area (Å²) in [7, 11) is 1.98. The molecule has 0 saturated heterocycles. The minimum absolute atomic E-state index is 0.155. The zero-order chi connectivity index (χ0) is 13.1. The number of aryl methyl sites for hydroxylation is 2. The quantitative estimate of drug-likeness (QED) is 0.939.